The molecule has 0 spiro atoms. The molecular weight excluding hydrogens is 270 g/mol. The van der Waals surface area contributed by atoms with Gasteiger partial charge in [0.25, 0.3) is 0 Å². The molecule has 0 saturated heterocycles. The zero-order chi connectivity index (χ0) is 15.3. The Morgan fingerprint density at radius 3 is 1.89 bits per heavy atom. The predicted molar refractivity (Wildman–Crippen MR) is 52.9 cm³/mol. The van der Waals surface area contributed by atoms with Gasteiger partial charge in [0.2, 0.25) is 0 Å². The van der Waals surface area contributed by atoms with E-state index in [1.807, 2.05) is 0 Å². The van der Waals surface area contributed by atoms with E-state index in [-0.39, 0.29) is 0 Å². The summed E-state index contributed by atoms with van der Waals surface area (Å²) in [4.78, 5) is 32.1. The van der Waals surface area contributed by atoms with Crippen molar-refractivity contribution in [2.75, 3.05) is 6.73 Å². The van der Waals surface area contributed by atoms with Gasteiger partial charge in [-0.25, -0.2) is 10.1 Å². The van der Waals surface area contributed by atoms with E-state index in [1.165, 1.54) is 5.32 Å². The summed E-state index contributed by atoms with van der Waals surface area (Å²) in [7, 11) is 0. The highest BCUT2D eigenvalue weighted by atomic mass is 16.7. The van der Waals surface area contributed by atoms with Crippen LogP contribution in [0, 0.1) is 0 Å². The van der Waals surface area contributed by atoms with Gasteiger partial charge in [0.05, 0.1) is 12.8 Å². The molecule has 0 aromatic heterocycles. The summed E-state index contributed by atoms with van der Waals surface area (Å²) in [5.74, 6) is -4.90. The fourth-order valence-corrected chi connectivity index (χ4v) is 0.967. The van der Waals surface area contributed by atoms with Crippen LogP contribution < -0.4 is 5.32 Å². The normalized spacial score (nSPS) is 14.5. The summed E-state index contributed by atoms with van der Waals surface area (Å²) in [5.41, 5.74) is -2.85. The SMILES string of the molecule is O=C(O)CC(O)(CC(=O)OCNC(O)(O)O)C(=O)O. The van der Waals surface area contributed by atoms with Crippen molar-refractivity contribution in [3.05, 3.63) is 0 Å². The number of hydrogen-bond acceptors (Lipinski definition) is 9. The zero-order valence-electron chi connectivity index (χ0n) is 9.44. The van der Waals surface area contributed by atoms with Crippen LogP contribution in [0.25, 0.3) is 0 Å². The highest BCUT2D eigenvalue weighted by Gasteiger charge is 2.41. The number of rotatable bonds is 8. The third-order valence-electron chi connectivity index (χ3n) is 1.82. The molecule has 0 aliphatic heterocycles. The monoisotopic (exact) mass is 283 g/mol. The summed E-state index contributed by atoms with van der Waals surface area (Å²) in [6, 6.07) is 0. The molecule has 0 aliphatic carbocycles. The molecule has 1 unspecified atom stereocenters. The summed E-state index contributed by atoms with van der Waals surface area (Å²) in [5, 5.41) is 53.0. The lowest BCUT2D eigenvalue weighted by Crippen LogP contribution is -2.47. The van der Waals surface area contributed by atoms with Crippen LogP contribution in [0.1, 0.15) is 12.8 Å². The molecule has 1 atom stereocenters. The van der Waals surface area contributed by atoms with Crippen molar-refractivity contribution in [1.29, 1.82) is 0 Å². The maximum absolute atomic E-state index is 11.1. The average Bonchev–Trinajstić information content (AvgIpc) is 2.12. The third kappa shape index (κ3) is 7.28. The molecule has 0 aromatic rings. The number of carbonyl (C=O) groups is 3. The van der Waals surface area contributed by atoms with E-state index in [2.05, 4.69) is 4.74 Å². The first-order chi connectivity index (χ1) is 8.46. The minimum Gasteiger partial charge on any atom is -0.481 e. The minimum atomic E-state index is -3.30. The van der Waals surface area contributed by atoms with E-state index in [0.29, 0.717) is 0 Å². The number of aliphatic carboxylic acids is 2. The van der Waals surface area contributed by atoms with Crippen LogP contribution in [0.2, 0.25) is 0 Å². The Balaban J connectivity index is 4.41. The smallest absolute Gasteiger partial charge is 0.345 e. The number of carbonyl (C=O) groups excluding carboxylic acids is 1. The lowest BCUT2D eigenvalue weighted by molar-refractivity contribution is -0.336. The van der Waals surface area contributed by atoms with E-state index >= 15 is 0 Å². The van der Waals surface area contributed by atoms with E-state index < -0.39 is 49.2 Å². The zero-order valence-corrected chi connectivity index (χ0v) is 9.44. The maximum atomic E-state index is 11.1. The Bertz CT molecular complexity index is 361. The van der Waals surface area contributed by atoms with E-state index in [1.54, 1.807) is 0 Å². The Labute approximate surface area is 105 Å². The predicted octanol–water partition coefficient (Wildman–Crippen LogP) is -3.65. The van der Waals surface area contributed by atoms with Crippen molar-refractivity contribution < 1.29 is 49.8 Å². The van der Waals surface area contributed by atoms with Crippen LogP contribution in [0.5, 0.6) is 0 Å². The highest BCUT2D eigenvalue weighted by Crippen LogP contribution is 2.16. The van der Waals surface area contributed by atoms with Crippen molar-refractivity contribution in [3.63, 3.8) is 0 Å². The summed E-state index contributed by atoms with van der Waals surface area (Å²) in [6.07, 6.45) is -5.70. The van der Waals surface area contributed by atoms with Crippen molar-refractivity contribution in [1.82, 2.24) is 5.32 Å². The topological polar surface area (TPSA) is 194 Å². The van der Waals surface area contributed by atoms with Gasteiger partial charge in [-0.15, -0.1) is 0 Å². The van der Waals surface area contributed by atoms with Gasteiger partial charge in [-0.2, -0.15) is 0 Å². The summed E-state index contributed by atoms with van der Waals surface area (Å²) in [6.45, 7) is -0.912. The minimum absolute atomic E-state index is 0.912. The fourth-order valence-electron chi connectivity index (χ4n) is 0.967. The number of hydrogen-bond donors (Lipinski definition) is 7. The van der Waals surface area contributed by atoms with Crippen LogP contribution in [0.15, 0.2) is 0 Å². The second-order valence-corrected chi connectivity index (χ2v) is 3.56. The standard InChI is InChI=1S/C8H13NO10/c10-4(11)1-7(15,6(13)14)2-5(12)19-3-9-8(16,17)18/h9,15-18H,1-3H2,(H,10,11)(H,13,14). The lowest BCUT2D eigenvalue weighted by atomic mass is 9.96. The molecular formula is C8H13NO10. The summed E-state index contributed by atoms with van der Waals surface area (Å²) >= 11 is 0. The van der Waals surface area contributed by atoms with E-state index in [0.717, 1.165) is 0 Å². The van der Waals surface area contributed by atoms with Gasteiger partial charge in [0.15, 0.2) is 5.60 Å². The van der Waals surface area contributed by atoms with Gasteiger partial charge in [0, 0.05) is 0 Å². The van der Waals surface area contributed by atoms with E-state index in [9.17, 15) is 19.5 Å². The molecule has 110 valence electrons. The largest absolute Gasteiger partial charge is 0.481 e. The van der Waals surface area contributed by atoms with Crippen LogP contribution in [0.4, 0.5) is 0 Å². The number of aliphatic hydroxyl groups is 4. The molecule has 0 saturated carbocycles. The lowest BCUT2D eigenvalue weighted by Gasteiger charge is -2.21. The van der Waals surface area contributed by atoms with Crippen molar-refractivity contribution >= 4 is 17.9 Å². The molecule has 11 nitrogen and oxygen atoms in total. The van der Waals surface area contributed by atoms with Gasteiger partial charge in [-0.3, -0.25) is 9.59 Å². The highest BCUT2D eigenvalue weighted by molar-refractivity contribution is 5.88. The number of esters is 1. The molecule has 0 bridgehead atoms. The number of nitrogens with one attached hydrogen (secondary N) is 1. The molecule has 7 N–H and O–H groups in total. The second kappa shape index (κ2) is 6.40. The quantitative estimate of drug-likeness (QED) is 0.171. The second-order valence-electron chi connectivity index (χ2n) is 3.56. The maximum Gasteiger partial charge on any atom is 0.345 e. The average molecular weight is 283 g/mol. The molecule has 0 heterocycles. The van der Waals surface area contributed by atoms with Crippen molar-refractivity contribution in [2.24, 2.45) is 0 Å². The van der Waals surface area contributed by atoms with Gasteiger partial charge >= 0.3 is 24.0 Å². The first-order valence-corrected chi connectivity index (χ1v) is 4.71. The fraction of sp³-hybridized carbons (Fsp3) is 0.625. The molecule has 11 heteroatoms. The van der Waals surface area contributed by atoms with E-state index in [4.69, 9.17) is 25.5 Å². The van der Waals surface area contributed by atoms with Crippen LogP contribution in [-0.4, -0.2) is 67.0 Å². The molecule has 0 aliphatic rings. The van der Waals surface area contributed by atoms with Crippen molar-refractivity contribution in [2.45, 2.75) is 24.5 Å². The molecule has 0 radical (unpaired) electrons. The molecule has 0 fully saturated rings. The molecule has 19 heavy (non-hydrogen) atoms. The Kier molecular flexibility index (Phi) is 5.80. The molecule has 0 aromatic carbocycles. The molecule has 0 rings (SSSR count). The van der Waals surface area contributed by atoms with Crippen LogP contribution >= 0.6 is 0 Å². The van der Waals surface area contributed by atoms with Crippen LogP contribution in [-0.2, 0) is 19.1 Å². The van der Waals surface area contributed by atoms with Gasteiger partial charge in [-0.1, -0.05) is 0 Å². The van der Waals surface area contributed by atoms with Crippen LogP contribution in [0.3, 0.4) is 0 Å². The van der Waals surface area contributed by atoms with Gasteiger partial charge in [0.1, 0.15) is 6.73 Å². The summed E-state index contributed by atoms with van der Waals surface area (Å²) < 4.78 is 4.20. The Hall–Kier alpha value is -1.79. The number of ether oxygens (including phenoxy) is 1. The van der Waals surface area contributed by atoms with Crippen molar-refractivity contribution in [3.8, 4) is 0 Å². The molecule has 0 amide bonds. The number of carboxylic acids is 2. The first kappa shape index (κ1) is 17.2. The first-order valence-electron chi connectivity index (χ1n) is 4.71. The number of carboxylic acid groups (broad SMARTS) is 2. The Morgan fingerprint density at radius 2 is 1.53 bits per heavy atom. The van der Waals surface area contributed by atoms with Gasteiger partial charge < -0.3 is 35.4 Å². The van der Waals surface area contributed by atoms with Gasteiger partial charge in [-0.05, 0) is 0 Å². The third-order valence-corrected chi connectivity index (χ3v) is 1.82. The Morgan fingerprint density at radius 1 is 1.00 bits per heavy atom.